The van der Waals surface area contributed by atoms with Crippen molar-refractivity contribution in [2.45, 2.75) is 19.8 Å². The van der Waals surface area contributed by atoms with E-state index in [0.717, 1.165) is 45.9 Å². The van der Waals surface area contributed by atoms with Gasteiger partial charge in [0, 0.05) is 48.4 Å². The Morgan fingerprint density at radius 1 is 0.582 bits per heavy atom. The molecular weight excluding hydrogens is 853 g/mol. The molecule has 2 amide bonds. The Bertz CT molecular complexity index is 3360. The number of anilines is 2. The van der Waals surface area contributed by atoms with Crippen molar-refractivity contribution in [1.29, 1.82) is 0 Å². The van der Waals surface area contributed by atoms with Gasteiger partial charge in [-0.15, -0.1) is 0 Å². The molecular formula is C52H40N6O9. The van der Waals surface area contributed by atoms with E-state index in [1.165, 1.54) is 17.1 Å². The van der Waals surface area contributed by atoms with E-state index in [2.05, 4.69) is 25.1 Å². The van der Waals surface area contributed by atoms with Gasteiger partial charge in [-0.1, -0.05) is 121 Å². The number of nitrogens with two attached hydrogens (primary N) is 1. The Morgan fingerprint density at radius 2 is 1.04 bits per heavy atom. The van der Waals surface area contributed by atoms with Crippen LogP contribution in [0.1, 0.15) is 40.6 Å². The van der Waals surface area contributed by atoms with E-state index in [4.69, 9.17) is 15.6 Å². The van der Waals surface area contributed by atoms with Crippen LogP contribution in [-0.2, 0) is 41.6 Å². The number of carbonyl (C=O) groups is 5. The van der Waals surface area contributed by atoms with Gasteiger partial charge in [-0.25, -0.2) is 24.7 Å². The first kappa shape index (κ1) is 45.6. The van der Waals surface area contributed by atoms with Crippen molar-refractivity contribution in [2.75, 3.05) is 10.6 Å². The number of cyclic esters (lactones) is 2. The standard InChI is InChI=1S/C25H17N3O3.C15H13N3O.C10H6O3.C2H4O2/c29-23-15-21(17-8-2-1-3-9-17)25(31)28(23)18-10-6-7-16(13-18)14-22-19-11-4-5-12-20(19)24(30)27-26-22;16-11-5-3-4-10(8-11)9-14-12-6-1-2-7-13(12)15(19)18-17-14;11-9-6-8(10(12)13-9)7-4-2-1-3-5-7;1-2(3)4/h1-13,15H,14H2,(H,27,30);1-8H,9,16H2,(H,18,19);1-6H;1H3,(H,3,4). The van der Waals surface area contributed by atoms with E-state index in [-0.39, 0.29) is 22.9 Å². The molecule has 15 heteroatoms. The number of carboxylic acids is 1. The molecule has 0 spiro atoms. The van der Waals surface area contributed by atoms with Crippen LogP contribution < -0.4 is 21.8 Å². The zero-order chi connectivity index (χ0) is 47.5. The molecule has 8 aromatic rings. The topological polar surface area (TPSA) is 236 Å². The normalized spacial score (nSPS) is 12.8. The maximum absolute atomic E-state index is 13.0. The highest BCUT2D eigenvalue weighted by atomic mass is 16.6. The fourth-order valence-corrected chi connectivity index (χ4v) is 7.22. The summed E-state index contributed by atoms with van der Waals surface area (Å²) in [5.74, 6) is -2.71. The molecule has 0 fully saturated rings. The summed E-state index contributed by atoms with van der Waals surface area (Å²) in [5.41, 5.74) is 12.2. The molecule has 6 aromatic carbocycles. The van der Waals surface area contributed by atoms with Crippen LogP contribution >= 0.6 is 0 Å². The predicted molar refractivity (Wildman–Crippen MR) is 253 cm³/mol. The van der Waals surface area contributed by atoms with E-state index in [0.29, 0.717) is 51.6 Å². The number of aromatic amines is 2. The average molecular weight is 893 g/mol. The summed E-state index contributed by atoms with van der Waals surface area (Å²) in [6, 6.07) is 47.8. The van der Waals surface area contributed by atoms with E-state index in [1.807, 2.05) is 103 Å². The molecule has 0 saturated carbocycles. The van der Waals surface area contributed by atoms with Crippen molar-refractivity contribution < 1.29 is 33.8 Å². The molecule has 4 heterocycles. The lowest BCUT2D eigenvalue weighted by molar-refractivity contribution is -0.149. The molecule has 15 nitrogen and oxygen atoms in total. The monoisotopic (exact) mass is 892 g/mol. The fraction of sp³-hybridized carbons (Fsp3) is 0.0577. The van der Waals surface area contributed by atoms with Gasteiger partial charge in [0.1, 0.15) is 0 Å². The van der Waals surface area contributed by atoms with Crippen LogP contribution in [0.3, 0.4) is 0 Å². The number of nitrogens with one attached hydrogen (secondary N) is 2. The van der Waals surface area contributed by atoms with Gasteiger partial charge in [0.2, 0.25) is 0 Å². The number of ether oxygens (including phenoxy) is 1. The van der Waals surface area contributed by atoms with Crippen molar-refractivity contribution in [3.63, 3.8) is 0 Å². The Kier molecular flexibility index (Phi) is 14.2. The van der Waals surface area contributed by atoms with Gasteiger partial charge in [0.25, 0.3) is 28.9 Å². The molecule has 2 aromatic heterocycles. The molecule has 0 radical (unpaired) electrons. The second kappa shape index (κ2) is 20.9. The molecule has 0 unspecified atom stereocenters. The van der Waals surface area contributed by atoms with Crippen molar-refractivity contribution in [3.05, 3.63) is 224 Å². The second-order valence-electron chi connectivity index (χ2n) is 14.9. The van der Waals surface area contributed by atoms with E-state index in [1.54, 1.807) is 54.6 Å². The molecule has 0 bridgehead atoms. The number of esters is 2. The lowest BCUT2D eigenvalue weighted by Crippen LogP contribution is -2.30. The summed E-state index contributed by atoms with van der Waals surface area (Å²) in [7, 11) is 0. The van der Waals surface area contributed by atoms with Gasteiger partial charge in [-0.3, -0.25) is 24.0 Å². The zero-order valence-corrected chi connectivity index (χ0v) is 35.7. The number of fused-ring (bicyclic) bond motifs is 2. The fourth-order valence-electron chi connectivity index (χ4n) is 7.22. The summed E-state index contributed by atoms with van der Waals surface area (Å²) < 4.78 is 4.36. The minimum atomic E-state index is -0.833. The van der Waals surface area contributed by atoms with Crippen LogP contribution in [0.4, 0.5) is 11.4 Å². The van der Waals surface area contributed by atoms with Crippen molar-refractivity contribution >= 4 is 73.8 Å². The highest BCUT2D eigenvalue weighted by Gasteiger charge is 2.33. The van der Waals surface area contributed by atoms with Gasteiger partial charge in [-0.05, 0) is 58.7 Å². The third-order valence-electron chi connectivity index (χ3n) is 10.2. The van der Waals surface area contributed by atoms with E-state index < -0.39 is 17.9 Å². The second-order valence-corrected chi connectivity index (χ2v) is 14.9. The largest absolute Gasteiger partial charge is 0.481 e. The lowest BCUT2D eigenvalue weighted by atomic mass is 10.0. The van der Waals surface area contributed by atoms with Gasteiger partial charge in [0.05, 0.1) is 39.0 Å². The van der Waals surface area contributed by atoms with E-state index >= 15 is 0 Å². The lowest BCUT2D eigenvalue weighted by Gasteiger charge is -2.16. The Hall–Kier alpha value is -9.37. The zero-order valence-electron chi connectivity index (χ0n) is 35.7. The van der Waals surface area contributed by atoms with Gasteiger partial charge in [0.15, 0.2) is 0 Å². The number of nitrogens with zero attached hydrogens (tertiary/aromatic N) is 3. The molecule has 5 N–H and O–H groups in total. The van der Waals surface area contributed by atoms with Crippen LogP contribution in [0.5, 0.6) is 0 Å². The number of hydrogen-bond acceptors (Lipinski definition) is 11. The number of amides is 2. The Labute approximate surface area is 381 Å². The minimum Gasteiger partial charge on any atom is -0.481 e. The number of benzene rings is 6. The smallest absolute Gasteiger partial charge is 0.346 e. The summed E-state index contributed by atoms with van der Waals surface area (Å²) >= 11 is 0. The van der Waals surface area contributed by atoms with Crippen LogP contribution in [0, 0.1) is 0 Å². The third-order valence-corrected chi connectivity index (χ3v) is 10.2. The highest BCUT2D eigenvalue weighted by molar-refractivity contribution is 6.43. The van der Waals surface area contributed by atoms with Crippen LogP contribution in [0.25, 0.3) is 32.7 Å². The molecule has 0 atom stereocenters. The first-order valence-electron chi connectivity index (χ1n) is 20.6. The quantitative estimate of drug-likeness (QED) is 0.0559. The maximum Gasteiger partial charge on any atom is 0.346 e. The molecule has 2 aliphatic heterocycles. The minimum absolute atomic E-state index is 0.160. The number of H-pyrrole nitrogens is 2. The Balaban J connectivity index is 0.000000157. The van der Waals surface area contributed by atoms with Gasteiger partial charge < -0.3 is 15.6 Å². The highest BCUT2D eigenvalue weighted by Crippen LogP contribution is 2.29. The first-order valence-corrected chi connectivity index (χ1v) is 20.6. The summed E-state index contributed by atoms with van der Waals surface area (Å²) in [5, 5.41) is 23.8. The number of nitrogen functional groups attached to an aromatic ring is 1. The number of carbonyl (C=O) groups excluding carboxylic acids is 4. The molecule has 0 aliphatic carbocycles. The Morgan fingerprint density at radius 3 is 1.54 bits per heavy atom. The molecule has 332 valence electrons. The average Bonchev–Trinajstić information content (AvgIpc) is 3.84. The molecule has 67 heavy (non-hydrogen) atoms. The number of imide groups is 1. The van der Waals surface area contributed by atoms with Crippen molar-refractivity contribution in [1.82, 2.24) is 20.4 Å². The van der Waals surface area contributed by atoms with Gasteiger partial charge in [-0.2, -0.15) is 10.2 Å². The maximum atomic E-state index is 13.0. The third kappa shape index (κ3) is 11.2. The number of aromatic nitrogens is 4. The van der Waals surface area contributed by atoms with Crippen molar-refractivity contribution in [2.24, 2.45) is 0 Å². The van der Waals surface area contributed by atoms with E-state index in [9.17, 15) is 28.8 Å². The predicted octanol–water partition coefficient (Wildman–Crippen LogP) is 6.81. The first-order chi connectivity index (χ1) is 32.4. The van der Waals surface area contributed by atoms with Crippen LogP contribution in [-0.4, -0.2) is 55.2 Å². The number of rotatable bonds is 7. The van der Waals surface area contributed by atoms with Crippen LogP contribution in [0.15, 0.2) is 179 Å². The van der Waals surface area contributed by atoms with Crippen molar-refractivity contribution in [3.8, 4) is 0 Å². The summed E-state index contributed by atoms with van der Waals surface area (Å²) in [4.78, 5) is 81.3. The number of aliphatic carboxylic acids is 1. The molecule has 10 rings (SSSR count). The SMILES string of the molecule is CC(=O)O.Nc1cccc(Cc2n[nH]c(=O)c3ccccc23)c1.O=C1C=C(c2ccccc2)C(=O)N1c1cccc(Cc2n[nH]c(=O)c3ccccc23)c1.O=C1C=C(c2ccccc2)C(=O)O1. The number of carboxylic acid groups (broad SMARTS) is 1. The van der Waals surface area contributed by atoms with Crippen LogP contribution in [0.2, 0.25) is 0 Å². The summed E-state index contributed by atoms with van der Waals surface area (Å²) in [6.07, 6.45) is 3.67. The molecule has 0 saturated heterocycles. The van der Waals surface area contributed by atoms with Gasteiger partial charge >= 0.3 is 11.9 Å². The summed E-state index contributed by atoms with van der Waals surface area (Å²) in [6.45, 7) is 1.08. The molecule has 2 aliphatic rings. The number of hydrogen-bond donors (Lipinski definition) is 4.